The lowest BCUT2D eigenvalue weighted by molar-refractivity contribution is 0.308. The Morgan fingerprint density at radius 1 is 1.22 bits per heavy atom. The molecule has 0 bridgehead atoms. The summed E-state index contributed by atoms with van der Waals surface area (Å²) in [5, 5.41) is 1.05. The summed E-state index contributed by atoms with van der Waals surface area (Å²) in [6, 6.07) is 10.5. The quantitative estimate of drug-likeness (QED) is 0.709. The van der Waals surface area contributed by atoms with Crippen LogP contribution in [-0.4, -0.2) is 4.98 Å². The Labute approximate surface area is 108 Å². The van der Waals surface area contributed by atoms with E-state index in [1.165, 1.54) is 6.07 Å². The van der Waals surface area contributed by atoms with Crippen LogP contribution in [0.25, 0.3) is 10.1 Å². The number of benzene rings is 1. The number of hydrogen-bond acceptors (Lipinski definition) is 3. The van der Waals surface area contributed by atoms with Gasteiger partial charge in [0.15, 0.2) is 0 Å². The summed E-state index contributed by atoms with van der Waals surface area (Å²) in [5.41, 5.74) is 0. The topological polar surface area (TPSA) is 22.1 Å². The van der Waals surface area contributed by atoms with Gasteiger partial charge in [0.2, 0.25) is 0 Å². The fourth-order valence-corrected chi connectivity index (χ4v) is 2.72. The van der Waals surface area contributed by atoms with E-state index in [1.807, 2.05) is 18.2 Å². The largest absolute Gasteiger partial charge is 0.486 e. The Hall–Kier alpha value is -1.94. The van der Waals surface area contributed by atoms with Gasteiger partial charge in [-0.1, -0.05) is 6.07 Å². The second-order valence-electron chi connectivity index (χ2n) is 3.87. The van der Waals surface area contributed by atoms with Crippen molar-refractivity contribution in [2.24, 2.45) is 0 Å². The number of hydrogen-bond donors (Lipinski definition) is 0. The SMILES string of the molecule is Fc1ccc2cc(COc3cccnc3)sc2c1. The normalized spacial score (nSPS) is 10.7. The highest BCUT2D eigenvalue weighted by Gasteiger charge is 2.03. The molecule has 90 valence electrons. The Kier molecular flexibility index (Phi) is 2.94. The number of thiophene rings is 1. The van der Waals surface area contributed by atoms with E-state index in [1.54, 1.807) is 35.9 Å². The number of fused-ring (bicyclic) bond motifs is 1. The fourth-order valence-electron chi connectivity index (χ4n) is 1.72. The van der Waals surface area contributed by atoms with Crippen LogP contribution in [0.4, 0.5) is 4.39 Å². The minimum atomic E-state index is -0.205. The number of halogens is 1. The van der Waals surface area contributed by atoms with Crippen LogP contribution >= 0.6 is 11.3 Å². The molecule has 4 heteroatoms. The van der Waals surface area contributed by atoms with Crippen molar-refractivity contribution in [3.63, 3.8) is 0 Å². The highest BCUT2D eigenvalue weighted by atomic mass is 32.1. The third-order valence-corrected chi connectivity index (χ3v) is 3.62. The molecule has 0 fully saturated rings. The van der Waals surface area contributed by atoms with Gasteiger partial charge in [0, 0.05) is 15.8 Å². The molecular formula is C14H10FNOS. The van der Waals surface area contributed by atoms with Crippen LogP contribution in [0.1, 0.15) is 4.88 Å². The summed E-state index contributed by atoms with van der Waals surface area (Å²) < 4.78 is 19.6. The van der Waals surface area contributed by atoms with E-state index in [-0.39, 0.29) is 5.82 Å². The van der Waals surface area contributed by atoms with E-state index in [9.17, 15) is 4.39 Å². The van der Waals surface area contributed by atoms with Crippen LogP contribution in [0, 0.1) is 5.82 Å². The van der Waals surface area contributed by atoms with Crippen molar-refractivity contribution in [1.29, 1.82) is 0 Å². The predicted octanol–water partition coefficient (Wildman–Crippen LogP) is 4.01. The smallest absolute Gasteiger partial charge is 0.138 e. The Balaban J connectivity index is 1.79. The molecule has 0 saturated carbocycles. The first-order valence-electron chi connectivity index (χ1n) is 5.52. The second-order valence-corrected chi connectivity index (χ2v) is 5.04. The minimum Gasteiger partial charge on any atom is -0.486 e. The molecule has 0 unspecified atom stereocenters. The van der Waals surface area contributed by atoms with Crippen LogP contribution in [0.5, 0.6) is 5.75 Å². The number of rotatable bonds is 3. The van der Waals surface area contributed by atoms with Gasteiger partial charge in [0.25, 0.3) is 0 Å². The summed E-state index contributed by atoms with van der Waals surface area (Å²) >= 11 is 1.55. The van der Waals surface area contributed by atoms with Crippen molar-refractivity contribution in [1.82, 2.24) is 4.98 Å². The van der Waals surface area contributed by atoms with Crippen LogP contribution in [-0.2, 0) is 6.61 Å². The van der Waals surface area contributed by atoms with E-state index in [0.29, 0.717) is 6.61 Å². The van der Waals surface area contributed by atoms with Crippen LogP contribution in [0.3, 0.4) is 0 Å². The van der Waals surface area contributed by atoms with E-state index < -0.39 is 0 Å². The van der Waals surface area contributed by atoms with Gasteiger partial charge >= 0.3 is 0 Å². The number of nitrogens with zero attached hydrogens (tertiary/aromatic N) is 1. The predicted molar refractivity (Wildman–Crippen MR) is 70.4 cm³/mol. The van der Waals surface area contributed by atoms with Crippen molar-refractivity contribution in [3.8, 4) is 5.75 Å². The van der Waals surface area contributed by atoms with Gasteiger partial charge in [-0.25, -0.2) is 4.39 Å². The molecule has 0 atom stereocenters. The molecule has 0 aliphatic heterocycles. The molecular weight excluding hydrogens is 249 g/mol. The summed E-state index contributed by atoms with van der Waals surface area (Å²) in [7, 11) is 0. The minimum absolute atomic E-state index is 0.205. The first kappa shape index (κ1) is 11.2. The lowest BCUT2D eigenvalue weighted by atomic mass is 10.2. The van der Waals surface area contributed by atoms with Gasteiger partial charge in [-0.15, -0.1) is 11.3 Å². The summed E-state index contributed by atoms with van der Waals surface area (Å²) in [4.78, 5) is 5.05. The highest BCUT2D eigenvalue weighted by Crippen LogP contribution is 2.27. The van der Waals surface area contributed by atoms with Gasteiger partial charge in [-0.2, -0.15) is 0 Å². The van der Waals surface area contributed by atoms with Crippen molar-refractivity contribution in [2.75, 3.05) is 0 Å². The zero-order valence-electron chi connectivity index (χ0n) is 9.47. The Morgan fingerprint density at radius 2 is 2.17 bits per heavy atom. The maximum absolute atomic E-state index is 13.1. The van der Waals surface area contributed by atoms with E-state index >= 15 is 0 Å². The zero-order valence-corrected chi connectivity index (χ0v) is 10.3. The van der Waals surface area contributed by atoms with Crippen LogP contribution < -0.4 is 4.74 Å². The molecule has 2 aromatic heterocycles. The lowest BCUT2D eigenvalue weighted by Crippen LogP contribution is -1.92. The maximum Gasteiger partial charge on any atom is 0.138 e. The van der Waals surface area contributed by atoms with Gasteiger partial charge in [-0.3, -0.25) is 4.98 Å². The standard InChI is InChI=1S/C14H10FNOS/c15-11-4-3-10-6-13(18-14(10)7-11)9-17-12-2-1-5-16-8-12/h1-8H,9H2. The third kappa shape index (κ3) is 2.33. The molecule has 0 radical (unpaired) electrons. The zero-order chi connectivity index (χ0) is 12.4. The molecule has 18 heavy (non-hydrogen) atoms. The number of pyridine rings is 1. The molecule has 3 aromatic rings. The molecule has 0 spiro atoms. The first-order chi connectivity index (χ1) is 8.81. The molecule has 2 nitrogen and oxygen atoms in total. The summed E-state index contributed by atoms with van der Waals surface area (Å²) in [6.07, 6.45) is 3.38. The molecule has 0 saturated heterocycles. The molecule has 2 heterocycles. The number of ether oxygens (including phenoxy) is 1. The van der Waals surface area contributed by atoms with Crippen LogP contribution in [0.15, 0.2) is 48.8 Å². The Morgan fingerprint density at radius 3 is 3.00 bits per heavy atom. The van der Waals surface area contributed by atoms with Gasteiger partial charge < -0.3 is 4.74 Å². The average Bonchev–Trinajstić information content (AvgIpc) is 2.79. The molecule has 0 aliphatic carbocycles. The molecule has 3 rings (SSSR count). The highest BCUT2D eigenvalue weighted by molar-refractivity contribution is 7.19. The van der Waals surface area contributed by atoms with E-state index in [0.717, 1.165) is 20.7 Å². The van der Waals surface area contributed by atoms with Crippen LogP contribution in [0.2, 0.25) is 0 Å². The van der Waals surface area contributed by atoms with Crippen molar-refractivity contribution < 1.29 is 9.13 Å². The van der Waals surface area contributed by atoms with E-state index in [4.69, 9.17) is 4.74 Å². The summed E-state index contributed by atoms with van der Waals surface area (Å²) in [5.74, 6) is 0.533. The lowest BCUT2D eigenvalue weighted by Gasteiger charge is -2.02. The fraction of sp³-hybridized carbons (Fsp3) is 0.0714. The van der Waals surface area contributed by atoms with E-state index in [2.05, 4.69) is 4.98 Å². The average molecular weight is 259 g/mol. The van der Waals surface area contributed by atoms with Crippen molar-refractivity contribution >= 4 is 21.4 Å². The van der Waals surface area contributed by atoms with Gasteiger partial charge in [-0.05, 0) is 35.7 Å². The number of aromatic nitrogens is 1. The Bertz CT molecular complexity index is 666. The molecule has 0 aliphatic rings. The summed E-state index contributed by atoms with van der Waals surface area (Å²) in [6.45, 7) is 0.479. The van der Waals surface area contributed by atoms with Crippen molar-refractivity contribution in [3.05, 3.63) is 59.5 Å². The second kappa shape index (κ2) is 4.74. The molecule has 0 amide bonds. The van der Waals surface area contributed by atoms with Crippen molar-refractivity contribution in [2.45, 2.75) is 6.61 Å². The van der Waals surface area contributed by atoms with Gasteiger partial charge in [0.1, 0.15) is 18.2 Å². The first-order valence-corrected chi connectivity index (χ1v) is 6.34. The van der Waals surface area contributed by atoms with Gasteiger partial charge in [0.05, 0.1) is 6.20 Å². The third-order valence-electron chi connectivity index (χ3n) is 2.55. The maximum atomic E-state index is 13.1. The molecule has 0 N–H and O–H groups in total. The molecule has 1 aromatic carbocycles. The monoisotopic (exact) mass is 259 g/mol.